The Hall–Kier alpha value is -3.04. The van der Waals surface area contributed by atoms with Crippen molar-refractivity contribution in [2.45, 2.75) is 31.1 Å². The van der Waals surface area contributed by atoms with E-state index in [1.807, 2.05) is 0 Å². The van der Waals surface area contributed by atoms with E-state index in [1.165, 1.54) is 29.6 Å². The van der Waals surface area contributed by atoms with Gasteiger partial charge in [-0.15, -0.1) is 0 Å². The lowest BCUT2D eigenvalue weighted by atomic mass is 10.1. The summed E-state index contributed by atoms with van der Waals surface area (Å²) in [5.74, 6) is -1.31. The zero-order chi connectivity index (χ0) is 22.3. The number of nitrogens with one attached hydrogen (secondary N) is 1. The molecule has 2 aliphatic rings. The summed E-state index contributed by atoms with van der Waals surface area (Å²) in [6.45, 7) is 2.67. The molecule has 9 heteroatoms. The Morgan fingerprint density at radius 1 is 0.935 bits per heavy atom. The molecule has 2 heterocycles. The van der Waals surface area contributed by atoms with E-state index >= 15 is 0 Å². The summed E-state index contributed by atoms with van der Waals surface area (Å²) in [6.07, 6.45) is 2.67. The van der Waals surface area contributed by atoms with Gasteiger partial charge in [0.1, 0.15) is 0 Å². The normalized spacial score (nSPS) is 17.0. The van der Waals surface area contributed by atoms with E-state index in [1.54, 1.807) is 25.1 Å². The van der Waals surface area contributed by atoms with Gasteiger partial charge in [0.15, 0.2) is 0 Å². The van der Waals surface area contributed by atoms with Gasteiger partial charge in [-0.05, 0) is 55.7 Å². The minimum absolute atomic E-state index is 0.124. The van der Waals surface area contributed by atoms with Crippen LogP contribution in [0.4, 0.5) is 5.69 Å². The number of anilines is 1. The molecule has 2 aromatic carbocycles. The number of nitrogens with zero attached hydrogens (tertiary/aromatic N) is 2. The number of benzene rings is 2. The molecule has 31 heavy (non-hydrogen) atoms. The maximum Gasteiger partial charge on any atom is 0.261 e. The van der Waals surface area contributed by atoms with Gasteiger partial charge in [-0.25, -0.2) is 8.42 Å². The predicted octanol–water partition coefficient (Wildman–Crippen LogP) is 2.65. The number of sulfonamides is 1. The van der Waals surface area contributed by atoms with Gasteiger partial charge in [0.2, 0.25) is 10.0 Å². The van der Waals surface area contributed by atoms with E-state index in [4.69, 9.17) is 0 Å². The van der Waals surface area contributed by atoms with E-state index < -0.39 is 21.8 Å². The third kappa shape index (κ3) is 3.75. The molecule has 162 valence electrons. The van der Waals surface area contributed by atoms with Gasteiger partial charge in [0.05, 0.1) is 16.0 Å². The molecule has 0 saturated carbocycles. The minimum atomic E-state index is -3.68. The molecule has 4 rings (SSSR count). The van der Waals surface area contributed by atoms with Crippen LogP contribution in [0.5, 0.6) is 0 Å². The summed E-state index contributed by atoms with van der Waals surface area (Å²) >= 11 is 0. The molecule has 0 atom stereocenters. The molecular formula is C22H23N3O5S. The van der Waals surface area contributed by atoms with E-state index in [9.17, 15) is 22.8 Å². The van der Waals surface area contributed by atoms with Crippen LogP contribution in [0, 0.1) is 6.92 Å². The topological polar surface area (TPSA) is 104 Å². The van der Waals surface area contributed by atoms with Gasteiger partial charge in [-0.2, -0.15) is 4.31 Å². The highest BCUT2D eigenvalue weighted by molar-refractivity contribution is 7.89. The fraction of sp³-hybridized carbons (Fsp3) is 0.318. The predicted molar refractivity (Wildman–Crippen MR) is 115 cm³/mol. The van der Waals surface area contributed by atoms with Crippen molar-refractivity contribution in [1.82, 2.24) is 9.21 Å². The van der Waals surface area contributed by atoms with Crippen LogP contribution < -0.4 is 5.32 Å². The molecule has 2 aliphatic heterocycles. The third-order valence-corrected chi connectivity index (χ3v) is 7.77. The first kappa shape index (κ1) is 21.2. The van der Waals surface area contributed by atoms with Gasteiger partial charge in [0, 0.05) is 31.4 Å². The van der Waals surface area contributed by atoms with Crippen molar-refractivity contribution in [2.24, 2.45) is 0 Å². The van der Waals surface area contributed by atoms with Crippen molar-refractivity contribution in [2.75, 3.05) is 25.5 Å². The first-order valence-corrected chi connectivity index (χ1v) is 11.5. The average Bonchev–Trinajstić information content (AvgIpc) is 2.98. The van der Waals surface area contributed by atoms with Crippen LogP contribution in [0.1, 0.15) is 55.9 Å². The SMILES string of the molecule is Cc1ccc(C(=O)Nc2ccc3c(c2)C(=O)N(C)C3=O)cc1S(=O)(=O)N1CCCCC1. The average molecular weight is 442 g/mol. The maximum absolute atomic E-state index is 13.1. The number of carbonyl (C=O) groups excluding carboxylic acids is 3. The van der Waals surface area contributed by atoms with Gasteiger partial charge in [-0.3, -0.25) is 19.3 Å². The first-order chi connectivity index (χ1) is 14.7. The van der Waals surface area contributed by atoms with Crippen molar-refractivity contribution in [1.29, 1.82) is 0 Å². The zero-order valence-corrected chi connectivity index (χ0v) is 18.2. The molecule has 0 aromatic heterocycles. The Morgan fingerprint density at radius 3 is 2.32 bits per heavy atom. The monoisotopic (exact) mass is 441 g/mol. The fourth-order valence-corrected chi connectivity index (χ4v) is 5.67. The van der Waals surface area contributed by atoms with Crippen LogP contribution in [-0.2, 0) is 10.0 Å². The Morgan fingerprint density at radius 2 is 1.61 bits per heavy atom. The lowest BCUT2D eigenvalue weighted by Crippen LogP contribution is -2.36. The van der Waals surface area contributed by atoms with Crippen molar-refractivity contribution in [3.63, 3.8) is 0 Å². The van der Waals surface area contributed by atoms with Crippen LogP contribution in [-0.4, -0.2) is 55.5 Å². The van der Waals surface area contributed by atoms with Crippen LogP contribution in [0.2, 0.25) is 0 Å². The zero-order valence-electron chi connectivity index (χ0n) is 17.3. The second kappa shape index (κ2) is 7.90. The Bertz CT molecular complexity index is 1200. The molecule has 1 saturated heterocycles. The van der Waals surface area contributed by atoms with Gasteiger partial charge >= 0.3 is 0 Å². The van der Waals surface area contributed by atoms with Crippen LogP contribution in [0.15, 0.2) is 41.3 Å². The van der Waals surface area contributed by atoms with Crippen LogP contribution in [0.3, 0.4) is 0 Å². The van der Waals surface area contributed by atoms with Crippen molar-refractivity contribution in [3.8, 4) is 0 Å². The van der Waals surface area contributed by atoms with Crippen molar-refractivity contribution < 1.29 is 22.8 Å². The van der Waals surface area contributed by atoms with Crippen molar-refractivity contribution in [3.05, 3.63) is 58.7 Å². The number of hydrogen-bond donors (Lipinski definition) is 1. The molecule has 0 aliphatic carbocycles. The number of piperidine rings is 1. The fourth-order valence-electron chi connectivity index (χ4n) is 3.91. The first-order valence-electron chi connectivity index (χ1n) is 10.1. The number of carbonyl (C=O) groups is 3. The second-order valence-corrected chi connectivity index (χ2v) is 9.74. The summed E-state index contributed by atoms with van der Waals surface area (Å²) in [7, 11) is -2.28. The van der Waals surface area contributed by atoms with Crippen LogP contribution in [0.25, 0.3) is 0 Å². The summed E-state index contributed by atoms with van der Waals surface area (Å²) in [5, 5.41) is 2.69. The molecule has 0 unspecified atom stereocenters. The van der Waals surface area contributed by atoms with Crippen molar-refractivity contribution >= 4 is 33.4 Å². The molecule has 0 spiro atoms. The van der Waals surface area contributed by atoms with Crippen LogP contribution >= 0.6 is 0 Å². The minimum Gasteiger partial charge on any atom is -0.322 e. The molecule has 2 aromatic rings. The number of imide groups is 1. The number of rotatable bonds is 4. The van der Waals surface area contributed by atoms with Gasteiger partial charge < -0.3 is 5.32 Å². The molecule has 3 amide bonds. The lowest BCUT2D eigenvalue weighted by Gasteiger charge is -2.26. The third-order valence-electron chi connectivity index (χ3n) is 5.73. The quantitative estimate of drug-likeness (QED) is 0.735. The molecule has 1 fully saturated rings. The Kier molecular flexibility index (Phi) is 5.40. The Labute approximate surface area is 180 Å². The van der Waals surface area contributed by atoms with E-state index in [2.05, 4.69) is 5.32 Å². The Balaban J connectivity index is 1.60. The van der Waals surface area contributed by atoms with E-state index in [0.717, 1.165) is 24.2 Å². The summed E-state index contributed by atoms with van der Waals surface area (Å²) in [4.78, 5) is 38.1. The number of aryl methyl sites for hydroxylation is 1. The molecule has 0 bridgehead atoms. The number of hydrogen-bond acceptors (Lipinski definition) is 5. The summed E-state index contributed by atoms with van der Waals surface area (Å²) in [5.41, 5.74) is 1.63. The summed E-state index contributed by atoms with van der Waals surface area (Å²) < 4.78 is 27.6. The standard InChI is InChI=1S/C22H23N3O5S/c1-14-6-7-15(12-19(14)31(29,30)25-10-4-3-5-11-25)20(26)23-16-8-9-17-18(13-16)22(28)24(2)21(17)27/h6-9,12-13H,3-5,10-11H2,1-2H3,(H,23,26). The largest absolute Gasteiger partial charge is 0.322 e. The summed E-state index contributed by atoms with van der Waals surface area (Å²) in [6, 6.07) is 9.07. The number of amides is 3. The highest BCUT2D eigenvalue weighted by Gasteiger charge is 2.33. The lowest BCUT2D eigenvalue weighted by molar-refractivity contribution is 0.0692. The maximum atomic E-state index is 13.1. The second-order valence-electron chi connectivity index (χ2n) is 7.83. The number of fused-ring (bicyclic) bond motifs is 1. The van der Waals surface area contributed by atoms with Gasteiger partial charge in [0.25, 0.3) is 17.7 Å². The molecule has 0 radical (unpaired) electrons. The molecular weight excluding hydrogens is 418 g/mol. The van der Waals surface area contributed by atoms with E-state index in [0.29, 0.717) is 24.3 Å². The van der Waals surface area contributed by atoms with E-state index in [-0.39, 0.29) is 27.5 Å². The van der Waals surface area contributed by atoms with Gasteiger partial charge in [-0.1, -0.05) is 12.5 Å². The molecule has 8 nitrogen and oxygen atoms in total. The highest BCUT2D eigenvalue weighted by Crippen LogP contribution is 2.27. The molecule has 1 N–H and O–H groups in total. The highest BCUT2D eigenvalue weighted by atomic mass is 32.2. The smallest absolute Gasteiger partial charge is 0.261 e.